The van der Waals surface area contributed by atoms with Gasteiger partial charge in [0, 0.05) is 48.9 Å². The molecular formula is C73H81Cl5N6O3Ru2-2. The molecule has 2 aliphatic rings. The van der Waals surface area contributed by atoms with Crippen molar-refractivity contribution in [1.82, 2.24) is 0 Å². The maximum absolute atomic E-state index is 5.98. The molecule has 89 heavy (non-hydrogen) atoms. The summed E-state index contributed by atoms with van der Waals surface area (Å²) in [5.74, 6) is 2.32. The minimum atomic E-state index is -1.92. The van der Waals surface area contributed by atoms with Gasteiger partial charge in [-0.3, -0.25) is 0 Å². The van der Waals surface area contributed by atoms with Gasteiger partial charge in [0.15, 0.2) is 0 Å². The Morgan fingerprint density at radius 1 is 0.360 bits per heavy atom. The van der Waals surface area contributed by atoms with E-state index >= 15 is 0 Å². The van der Waals surface area contributed by atoms with Gasteiger partial charge in [-0.1, -0.05) is 70.8 Å². The molecule has 0 bridgehead atoms. The van der Waals surface area contributed by atoms with Crippen LogP contribution in [0.15, 0.2) is 143 Å². The zero-order chi connectivity index (χ0) is 64.6. The smallest absolute Gasteiger partial charge is 0.0146 e. The molecule has 8 aromatic carbocycles. The summed E-state index contributed by atoms with van der Waals surface area (Å²) in [6, 6.07) is 44.5. The number of ether oxygens (including phenoxy) is 3. The molecule has 9 nitrogen and oxygen atoms in total. The number of hydrogen-bond acceptors (Lipinski definition) is 9. The van der Waals surface area contributed by atoms with Crippen LogP contribution in [0, 0.1) is 96.4 Å². The average molecular weight is 1470 g/mol. The Bertz CT molecular complexity index is 3530. The zero-order valence-corrected chi connectivity index (χ0v) is 60.8. The maximum Gasteiger partial charge on any atom is 0.0146 e. The predicted molar refractivity (Wildman–Crippen MR) is 379 cm³/mol. The molecule has 0 saturated carbocycles. The van der Waals surface area contributed by atoms with Crippen molar-refractivity contribution >= 4 is 106 Å². The molecule has 2 aliphatic heterocycles. The van der Waals surface area contributed by atoms with Gasteiger partial charge in [-0.05, 0) is 128 Å². The molecule has 2 heterocycles. The van der Waals surface area contributed by atoms with E-state index in [4.69, 9.17) is 64.6 Å². The second kappa shape index (κ2) is 33.5. The quantitative estimate of drug-likeness (QED) is 0.0647. The van der Waals surface area contributed by atoms with Gasteiger partial charge in [0.1, 0.15) is 0 Å². The van der Waals surface area contributed by atoms with Crippen molar-refractivity contribution in [3.05, 3.63) is 241 Å². The van der Waals surface area contributed by atoms with Gasteiger partial charge >= 0.3 is 285 Å². The van der Waals surface area contributed by atoms with Crippen LogP contribution < -0.4 is 33.8 Å². The fourth-order valence-electron chi connectivity index (χ4n) is 11.6. The van der Waals surface area contributed by atoms with Crippen LogP contribution in [0.3, 0.4) is 0 Å². The minimum Gasteiger partial charge on any atom is -0.502 e. The fourth-order valence-corrected chi connectivity index (χ4v) is 15.4. The Labute approximate surface area is 560 Å². The van der Waals surface area contributed by atoms with E-state index in [0.717, 1.165) is 77.1 Å². The van der Waals surface area contributed by atoms with Crippen LogP contribution in [0.25, 0.3) is 0 Å². The third-order valence-corrected chi connectivity index (χ3v) is 18.9. The summed E-state index contributed by atoms with van der Waals surface area (Å²) < 4.78 is 19.3. The Balaban J connectivity index is 0.000000169. The topological polar surface area (TPSA) is 65.4 Å². The molecule has 0 N–H and O–H groups in total. The Morgan fingerprint density at radius 3 is 0.876 bits per heavy atom. The molecule has 0 atom stereocenters. The standard InChI is InChI=1S/2C21H27N2.C16H15NO2.C15H12ClNO.4ClH.2Ru/c2*1-14-9-16(3)20(17(4)10-14)22-7-8-23(13-22)21-18(5)11-15(2)12-19(21)6;1-12-10-16(19-3)7-4-13(12)11-17-14-5-8-15(18-2)9-6-14;1-11-9-15(18-2)8-3-12(11)10-17-14-6-4-13(16)5-7-14;;;;;;/h2*9-13H,7-8H2,1-6H3;1,4-11H,2-3H3;1,3-10H,2H3;4*1H;;/q2*-1;;;;;;;2*+2/p-4. The number of nitrogens with zero attached hydrogens (tertiary/aromatic N) is 6. The van der Waals surface area contributed by atoms with Gasteiger partial charge < -0.3 is 19.6 Å². The summed E-state index contributed by atoms with van der Waals surface area (Å²) in [6.45, 7) is 35.1. The number of hydrogen-bond donors (Lipinski definition) is 0. The van der Waals surface area contributed by atoms with E-state index < -0.39 is 27.0 Å². The molecule has 0 aliphatic carbocycles. The summed E-state index contributed by atoms with van der Waals surface area (Å²) in [7, 11) is 28.8. The van der Waals surface area contributed by atoms with Crippen molar-refractivity contribution in [2.45, 2.75) is 83.1 Å². The number of benzene rings is 8. The SMILES string of the molecule is COc1ccc(C=Nc2ccc(Cl)cc2)c([CH]=[Ru]([Cl])[Cl])c1.COc1ccc(N=Cc2ccc(OC)cc2[CH]=[Ru]([Cl])[Cl])cc1.Cc1cc(C)c(N2[CH-]N(c3c(C)cc(C)cc3C)CC2)c(C)c1.Cc1cc(C)c(N2[CH-]N(c3c(C)cc(C)cc3C)CC2)c(C)c1. The van der Waals surface area contributed by atoms with E-state index in [1.807, 2.05) is 82.0 Å². The van der Waals surface area contributed by atoms with Gasteiger partial charge in [0.2, 0.25) is 0 Å². The van der Waals surface area contributed by atoms with Crippen LogP contribution in [0.2, 0.25) is 5.02 Å². The van der Waals surface area contributed by atoms with E-state index in [0.29, 0.717) is 5.02 Å². The van der Waals surface area contributed by atoms with Gasteiger partial charge in [0.25, 0.3) is 0 Å². The Morgan fingerprint density at radius 2 is 0.618 bits per heavy atom. The van der Waals surface area contributed by atoms with Crippen LogP contribution in [0.5, 0.6) is 17.2 Å². The van der Waals surface area contributed by atoms with Crippen LogP contribution in [0.1, 0.15) is 89.0 Å². The Kier molecular flexibility index (Phi) is 26.5. The van der Waals surface area contributed by atoms with Crippen LogP contribution in [-0.4, -0.2) is 69.2 Å². The second-order valence-corrected chi connectivity index (χ2v) is 34.2. The molecule has 2 saturated heterocycles. The predicted octanol–water partition coefficient (Wildman–Crippen LogP) is 19.7. The van der Waals surface area contributed by atoms with Crippen molar-refractivity contribution in [1.29, 1.82) is 0 Å². The molecule has 0 aromatic heterocycles. The molecule has 0 radical (unpaired) electrons. The van der Waals surface area contributed by atoms with Crippen molar-refractivity contribution in [2.24, 2.45) is 9.98 Å². The first-order chi connectivity index (χ1) is 42.4. The van der Waals surface area contributed by atoms with E-state index in [1.54, 1.807) is 45.9 Å². The molecule has 474 valence electrons. The Hall–Kier alpha value is -5.86. The first kappa shape index (κ1) is 70.6. The van der Waals surface area contributed by atoms with Gasteiger partial charge in [0.05, 0.1) is 0 Å². The van der Waals surface area contributed by atoms with Crippen molar-refractivity contribution in [3.8, 4) is 17.2 Å². The number of anilines is 4. The fraction of sp³-hybridized carbons (Fsp3) is 0.260. The second-order valence-electron chi connectivity index (χ2n) is 22.3. The van der Waals surface area contributed by atoms with Crippen LogP contribution >= 0.6 is 50.4 Å². The van der Waals surface area contributed by atoms with E-state index in [2.05, 4.69) is 175 Å². The zero-order valence-electron chi connectivity index (χ0n) is 53.5. The first-order valence-corrected chi connectivity index (χ1v) is 40.4. The van der Waals surface area contributed by atoms with Crippen molar-refractivity contribution < 1.29 is 41.2 Å². The third-order valence-electron chi connectivity index (χ3n) is 15.0. The average Bonchev–Trinajstić information content (AvgIpc) is 4.04. The van der Waals surface area contributed by atoms with Crippen molar-refractivity contribution in [3.63, 3.8) is 0 Å². The molecule has 10 rings (SSSR count). The summed E-state index contributed by atoms with van der Waals surface area (Å²) >= 11 is 2.01. The van der Waals surface area contributed by atoms with E-state index in [1.165, 1.54) is 89.5 Å². The molecule has 0 unspecified atom stereocenters. The number of rotatable bonds is 13. The van der Waals surface area contributed by atoms with Crippen molar-refractivity contribution in [2.75, 3.05) is 67.1 Å². The van der Waals surface area contributed by atoms with Gasteiger partial charge in [-0.25, -0.2) is 0 Å². The summed E-state index contributed by atoms with van der Waals surface area (Å²) in [6.07, 6.45) is 3.57. The molecule has 0 amide bonds. The number of halogens is 5. The minimum absolute atomic E-state index is 0.686. The maximum atomic E-state index is 5.98. The summed E-state index contributed by atoms with van der Waals surface area (Å²) in [5.41, 5.74) is 27.1. The molecule has 8 aromatic rings. The van der Waals surface area contributed by atoms with Crippen LogP contribution in [-0.2, 0) is 27.0 Å². The monoisotopic (exact) mass is 1470 g/mol. The van der Waals surface area contributed by atoms with Gasteiger partial charge in [-0.2, -0.15) is 13.3 Å². The largest absolute Gasteiger partial charge is 0.502 e. The summed E-state index contributed by atoms with van der Waals surface area (Å²) in [5, 5.41) is 0.686. The molecule has 2 fully saturated rings. The van der Waals surface area contributed by atoms with E-state index in [-0.39, 0.29) is 0 Å². The third kappa shape index (κ3) is 20.1. The van der Waals surface area contributed by atoms with E-state index in [9.17, 15) is 0 Å². The normalized spacial score (nSPS) is 13.1. The number of aliphatic imine (C=N–C) groups is 2. The van der Waals surface area contributed by atoms with Crippen LogP contribution in [0.4, 0.5) is 34.1 Å². The van der Waals surface area contributed by atoms with Gasteiger partial charge in [-0.15, -0.1) is 0 Å². The number of methoxy groups -OCH3 is 3. The molecule has 0 spiro atoms. The molecular weight excluding hydrogens is 1390 g/mol. The summed E-state index contributed by atoms with van der Waals surface area (Å²) in [4.78, 5) is 18.5. The molecule has 16 heteroatoms. The first-order valence-electron chi connectivity index (χ1n) is 29.0. The number of aryl methyl sites for hydroxylation is 12.